The molecule has 10 nitrogen and oxygen atoms in total. The summed E-state index contributed by atoms with van der Waals surface area (Å²) in [5.74, 6) is 2.59. The summed E-state index contributed by atoms with van der Waals surface area (Å²) in [5, 5.41) is 17.5. The molecule has 1 aliphatic carbocycles. The molecule has 1 aromatic carbocycles. The van der Waals surface area contributed by atoms with Crippen molar-refractivity contribution in [2.45, 2.75) is 32.7 Å². The zero-order valence-electron chi connectivity index (χ0n) is 20.9. The molecule has 1 saturated carbocycles. The molecule has 3 atom stereocenters. The van der Waals surface area contributed by atoms with E-state index >= 15 is 0 Å². The van der Waals surface area contributed by atoms with Gasteiger partial charge in [0.1, 0.15) is 11.6 Å². The smallest absolute Gasteiger partial charge is 0.248 e. The van der Waals surface area contributed by atoms with Gasteiger partial charge in [0.05, 0.1) is 23.4 Å². The highest BCUT2D eigenvalue weighted by molar-refractivity contribution is 7.92. The molecule has 2 aromatic heterocycles. The Morgan fingerprint density at radius 2 is 1.94 bits per heavy atom. The first-order chi connectivity index (χ1) is 17.1. The molecule has 0 amide bonds. The minimum absolute atomic E-state index is 0.0489. The van der Waals surface area contributed by atoms with E-state index in [0.717, 1.165) is 12.1 Å². The first-order valence-electron chi connectivity index (χ1n) is 11.9. The Labute approximate surface area is 211 Å². The van der Waals surface area contributed by atoms with Gasteiger partial charge >= 0.3 is 0 Å². The topological polar surface area (TPSA) is 142 Å². The molecule has 11 heteroatoms. The van der Waals surface area contributed by atoms with Crippen molar-refractivity contribution in [2.75, 3.05) is 35.6 Å². The van der Waals surface area contributed by atoms with Crippen LogP contribution in [0.1, 0.15) is 43.3 Å². The van der Waals surface area contributed by atoms with Crippen molar-refractivity contribution in [3.63, 3.8) is 0 Å². The Kier molecular flexibility index (Phi) is 7.28. The number of nitrogens with zero attached hydrogens (tertiary/aromatic N) is 6. The second-order valence-corrected chi connectivity index (χ2v) is 11.7. The molecule has 36 heavy (non-hydrogen) atoms. The third kappa shape index (κ3) is 5.66. The summed E-state index contributed by atoms with van der Waals surface area (Å²) in [7, 11) is -0.0855. The number of hydrogen-bond donors (Lipinski definition) is 1. The Hall–Kier alpha value is -3.49. The maximum Gasteiger partial charge on any atom is 0.248 e. The summed E-state index contributed by atoms with van der Waals surface area (Å²) in [6.45, 7) is 4.63. The van der Waals surface area contributed by atoms with E-state index in [1.807, 2.05) is 24.1 Å². The van der Waals surface area contributed by atoms with Crippen LogP contribution in [0.25, 0.3) is 11.5 Å². The van der Waals surface area contributed by atoms with E-state index in [9.17, 15) is 8.42 Å². The van der Waals surface area contributed by atoms with Crippen molar-refractivity contribution in [3.05, 3.63) is 53.4 Å². The zero-order chi connectivity index (χ0) is 26.0. The molecular weight excluding hydrogens is 478 g/mol. The predicted molar refractivity (Wildman–Crippen MR) is 138 cm³/mol. The third-order valence-corrected chi connectivity index (χ3v) is 8.35. The van der Waals surface area contributed by atoms with Crippen LogP contribution in [0.4, 0.5) is 11.6 Å². The second-order valence-electron chi connectivity index (χ2n) is 9.36. The molecule has 0 spiro atoms. The van der Waals surface area contributed by atoms with Crippen molar-refractivity contribution >= 4 is 21.7 Å². The van der Waals surface area contributed by atoms with Gasteiger partial charge in [0.15, 0.2) is 0 Å². The van der Waals surface area contributed by atoms with Crippen LogP contribution in [0.2, 0.25) is 0 Å². The molecule has 0 radical (unpaired) electrons. The van der Waals surface area contributed by atoms with Gasteiger partial charge in [-0.05, 0) is 61.4 Å². The van der Waals surface area contributed by atoms with E-state index < -0.39 is 16.1 Å². The van der Waals surface area contributed by atoms with Crippen LogP contribution >= 0.6 is 0 Å². The fraction of sp³-hybridized carbons (Fsp3) is 0.440. The quantitative estimate of drug-likeness (QED) is 0.436. The number of sulfonamides is 1. The van der Waals surface area contributed by atoms with Gasteiger partial charge in [-0.25, -0.2) is 13.4 Å². The van der Waals surface area contributed by atoms with Crippen LogP contribution < -0.4 is 14.9 Å². The standard InChI is InChI=1S/C25H31N7O3S/c1-5-36(33,34)32(4)23-13-19(12-22(28-23)31(3)15-20-9-16(20)2)24-29-30-25(35-24)21(27)11-17-7-6-8-18(10-17)14-26/h6-8,10,12-13,16,20-21H,5,9,11,15,27H2,1-4H3. The number of nitrogens with two attached hydrogens (primary N) is 1. The van der Waals surface area contributed by atoms with Crippen molar-refractivity contribution < 1.29 is 12.8 Å². The van der Waals surface area contributed by atoms with Crippen LogP contribution in [0.3, 0.4) is 0 Å². The predicted octanol–water partition coefficient (Wildman–Crippen LogP) is 3.12. The normalized spacial score (nSPS) is 17.9. The summed E-state index contributed by atoms with van der Waals surface area (Å²) in [6.07, 6.45) is 1.59. The molecular formula is C25H31N7O3S. The van der Waals surface area contributed by atoms with E-state index in [4.69, 9.17) is 15.4 Å². The average molecular weight is 510 g/mol. The molecule has 1 aliphatic rings. The highest BCUT2D eigenvalue weighted by Crippen LogP contribution is 2.39. The minimum Gasteiger partial charge on any atom is -0.419 e. The lowest BCUT2D eigenvalue weighted by atomic mass is 10.0. The van der Waals surface area contributed by atoms with Gasteiger partial charge in [0, 0.05) is 26.2 Å². The summed E-state index contributed by atoms with van der Waals surface area (Å²) >= 11 is 0. The van der Waals surface area contributed by atoms with Gasteiger partial charge in [0.2, 0.25) is 21.8 Å². The van der Waals surface area contributed by atoms with Crippen LogP contribution in [0.5, 0.6) is 0 Å². The van der Waals surface area contributed by atoms with Crippen LogP contribution in [0.15, 0.2) is 40.8 Å². The van der Waals surface area contributed by atoms with Crippen molar-refractivity contribution in [3.8, 4) is 17.5 Å². The summed E-state index contributed by atoms with van der Waals surface area (Å²) in [5.41, 5.74) is 8.33. The van der Waals surface area contributed by atoms with E-state index in [1.165, 1.54) is 17.8 Å². The molecule has 0 aliphatic heterocycles. The number of rotatable bonds is 10. The lowest BCUT2D eigenvalue weighted by Crippen LogP contribution is -2.30. The molecule has 1 fully saturated rings. The largest absolute Gasteiger partial charge is 0.419 e. The Morgan fingerprint density at radius 1 is 1.22 bits per heavy atom. The number of benzene rings is 1. The van der Waals surface area contributed by atoms with E-state index in [0.29, 0.717) is 35.2 Å². The fourth-order valence-electron chi connectivity index (χ4n) is 4.03. The Bertz CT molecular complexity index is 1380. The third-order valence-electron chi connectivity index (χ3n) is 6.60. The molecule has 3 aromatic rings. The maximum absolute atomic E-state index is 12.6. The van der Waals surface area contributed by atoms with E-state index in [-0.39, 0.29) is 23.4 Å². The van der Waals surface area contributed by atoms with Crippen LogP contribution in [0, 0.1) is 23.2 Å². The van der Waals surface area contributed by atoms with Crippen LogP contribution in [-0.2, 0) is 16.4 Å². The van der Waals surface area contributed by atoms with Gasteiger partial charge in [0.25, 0.3) is 0 Å². The molecule has 0 bridgehead atoms. The summed E-state index contributed by atoms with van der Waals surface area (Å²) in [4.78, 5) is 6.65. The van der Waals surface area contributed by atoms with Crippen LogP contribution in [-0.4, -0.2) is 50.0 Å². The number of hydrogen-bond acceptors (Lipinski definition) is 9. The van der Waals surface area contributed by atoms with E-state index in [1.54, 1.807) is 31.2 Å². The van der Waals surface area contributed by atoms with Gasteiger partial charge in [-0.1, -0.05) is 19.1 Å². The number of aromatic nitrogens is 3. The molecule has 2 N–H and O–H groups in total. The molecule has 4 rings (SSSR count). The zero-order valence-corrected chi connectivity index (χ0v) is 21.7. The summed E-state index contributed by atoms with van der Waals surface area (Å²) in [6, 6.07) is 12.2. The molecule has 3 unspecified atom stereocenters. The average Bonchev–Trinajstić information content (AvgIpc) is 3.34. The second kappa shape index (κ2) is 10.2. The number of nitriles is 1. The molecule has 190 valence electrons. The van der Waals surface area contributed by atoms with Gasteiger partial charge < -0.3 is 15.1 Å². The van der Waals surface area contributed by atoms with Gasteiger partial charge in [-0.3, -0.25) is 4.31 Å². The fourth-order valence-corrected chi connectivity index (χ4v) is 4.79. The lowest BCUT2D eigenvalue weighted by molar-refractivity contribution is 0.457. The highest BCUT2D eigenvalue weighted by Gasteiger charge is 2.34. The highest BCUT2D eigenvalue weighted by atomic mass is 32.2. The Balaban J connectivity index is 1.64. The van der Waals surface area contributed by atoms with Gasteiger partial charge in [-0.2, -0.15) is 5.26 Å². The first kappa shape index (κ1) is 25.6. The van der Waals surface area contributed by atoms with Crippen molar-refractivity contribution in [1.29, 1.82) is 5.26 Å². The van der Waals surface area contributed by atoms with Crippen molar-refractivity contribution in [1.82, 2.24) is 15.2 Å². The minimum atomic E-state index is -3.52. The number of anilines is 2. The number of pyridine rings is 1. The summed E-state index contributed by atoms with van der Waals surface area (Å²) < 4.78 is 32.2. The molecule has 0 saturated heterocycles. The van der Waals surface area contributed by atoms with Crippen molar-refractivity contribution in [2.24, 2.45) is 17.6 Å². The lowest BCUT2D eigenvalue weighted by Gasteiger charge is -2.23. The monoisotopic (exact) mass is 509 g/mol. The Morgan fingerprint density at radius 3 is 2.61 bits per heavy atom. The maximum atomic E-state index is 12.6. The van der Waals surface area contributed by atoms with Gasteiger partial charge in [-0.15, -0.1) is 10.2 Å². The SMILES string of the molecule is CCS(=O)(=O)N(C)c1cc(-c2nnc(C(N)Cc3cccc(C#N)c3)o2)cc(N(C)CC2CC2C)n1. The van der Waals surface area contributed by atoms with E-state index in [2.05, 4.69) is 28.2 Å². The first-order valence-corrected chi connectivity index (χ1v) is 13.5. The molecule has 2 heterocycles.